The standard InChI is InChI=1S/C17H16FNO2/c1-11(12-7-3-2-4-8-12)19-15(16(20)17(19)21)13-9-5-6-10-14(13)18/h2-11,15-16,20H,1H3/t11-,15-,16+/m0/s1. The normalized spacial score (nSPS) is 22.8. The highest BCUT2D eigenvalue weighted by Gasteiger charge is 2.50. The third-order valence-electron chi connectivity index (χ3n) is 4.03. The minimum atomic E-state index is -1.17. The van der Waals surface area contributed by atoms with E-state index < -0.39 is 18.0 Å². The molecule has 2 aromatic carbocycles. The summed E-state index contributed by atoms with van der Waals surface area (Å²) in [4.78, 5) is 13.6. The molecule has 0 bridgehead atoms. The maximum atomic E-state index is 14.0. The van der Waals surface area contributed by atoms with Crippen LogP contribution >= 0.6 is 0 Å². The van der Waals surface area contributed by atoms with Crippen LogP contribution in [-0.4, -0.2) is 22.0 Å². The zero-order valence-corrected chi connectivity index (χ0v) is 11.6. The second kappa shape index (κ2) is 5.30. The van der Waals surface area contributed by atoms with E-state index in [2.05, 4.69) is 0 Å². The predicted molar refractivity (Wildman–Crippen MR) is 76.9 cm³/mol. The molecule has 1 fully saturated rings. The van der Waals surface area contributed by atoms with Crippen LogP contribution in [0.25, 0.3) is 0 Å². The lowest BCUT2D eigenvalue weighted by Crippen LogP contribution is -2.59. The van der Waals surface area contributed by atoms with E-state index in [0.29, 0.717) is 5.56 Å². The Morgan fingerprint density at radius 3 is 2.38 bits per heavy atom. The minimum Gasteiger partial charge on any atom is -0.381 e. The van der Waals surface area contributed by atoms with Gasteiger partial charge in [0.05, 0.1) is 12.1 Å². The van der Waals surface area contributed by atoms with Crippen molar-refractivity contribution in [3.63, 3.8) is 0 Å². The van der Waals surface area contributed by atoms with E-state index in [1.165, 1.54) is 6.07 Å². The van der Waals surface area contributed by atoms with E-state index in [1.54, 1.807) is 23.1 Å². The van der Waals surface area contributed by atoms with E-state index >= 15 is 0 Å². The molecule has 1 aliphatic heterocycles. The summed E-state index contributed by atoms with van der Waals surface area (Å²) in [7, 11) is 0. The SMILES string of the molecule is C[C@@H](c1ccccc1)N1C(=O)[C@H](O)[C@@H]1c1ccccc1F. The second-order valence-electron chi connectivity index (χ2n) is 5.24. The van der Waals surface area contributed by atoms with Crippen LogP contribution in [0, 0.1) is 5.82 Å². The van der Waals surface area contributed by atoms with Crippen molar-refractivity contribution in [1.82, 2.24) is 4.90 Å². The largest absolute Gasteiger partial charge is 0.381 e. The maximum absolute atomic E-state index is 14.0. The van der Waals surface area contributed by atoms with Gasteiger partial charge in [0.1, 0.15) is 5.82 Å². The van der Waals surface area contributed by atoms with Crippen LogP contribution in [-0.2, 0) is 4.79 Å². The number of amides is 1. The summed E-state index contributed by atoms with van der Waals surface area (Å²) in [6.45, 7) is 1.88. The van der Waals surface area contributed by atoms with Crippen molar-refractivity contribution < 1.29 is 14.3 Å². The number of halogens is 1. The number of carbonyl (C=O) groups excluding carboxylic acids is 1. The lowest BCUT2D eigenvalue weighted by molar-refractivity contribution is -0.172. The fraction of sp³-hybridized carbons (Fsp3) is 0.235. The highest BCUT2D eigenvalue weighted by molar-refractivity contribution is 5.89. The van der Waals surface area contributed by atoms with Gasteiger partial charge in [0.15, 0.2) is 6.10 Å². The van der Waals surface area contributed by atoms with Gasteiger partial charge in [0.2, 0.25) is 0 Å². The maximum Gasteiger partial charge on any atom is 0.255 e. The summed E-state index contributed by atoms with van der Waals surface area (Å²) >= 11 is 0. The summed E-state index contributed by atoms with van der Waals surface area (Å²) < 4.78 is 14.0. The molecule has 1 aliphatic rings. The molecule has 108 valence electrons. The number of hydrogen-bond acceptors (Lipinski definition) is 2. The number of benzene rings is 2. The molecule has 2 aromatic rings. The first-order valence-corrected chi connectivity index (χ1v) is 6.91. The third-order valence-corrected chi connectivity index (χ3v) is 4.03. The molecule has 3 rings (SSSR count). The van der Waals surface area contributed by atoms with E-state index in [0.717, 1.165) is 5.56 Å². The van der Waals surface area contributed by atoms with Crippen LogP contribution in [0.15, 0.2) is 54.6 Å². The lowest BCUT2D eigenvalue weighted by Gasteiger charge is -2.48. The Labute approximate surface area is 122 Å². The number of rotatable bonds is 3. The number of nitrogens with zero attached hydrogens (tertiary/aromatic N) is 1. The number of β-lactam (4-membered cyclic amide) rings is 1. The van der Waals surface area contributed by atoms with Crippen molar-refractivity contribution in [3.8, 4) is 0 Å². The van der Waals surface area contributed by atoms with Gasteiger partial charge in [0.25, 0.3) is 5.91 Å². The summed E-state index contributed by atoms with van der Waals surface area (Å²) in [6.07, 6.45) is -1.17. The Morgan fingerprint density at radius 2 is 1.71 bits per heavy atom. The lowest BCUT2D eigenvalue weighted by atomic mass is 9.87. The molecule has 4 heteroatoms. The highest BCUT2D eigenvalue weighted by Crippen LogP contribution is 2.42. The molecule has 0 unspecified atom stereocenters. The van der Waals surface area contributed by atoms with Gasteiger partial charge >= 0.3 is 0 Å². The topological polar surface area (TPSA) is 40.5 Å². The van der Waals surface area contributed by atoms with Gasteiger partial charge in [0, 0.05) is 5.56 Å². The monoisotopic (exact) mass is 285 g/mol. The van der Waals surface area contributed by atoms with Gasteiger partial charge in [-0.15, -0.1) is 0 Å². The zero-order valence-electron chi connectivity index (χ0n) is 11.6. The fourth-order valence-electron chi connectivity index (χ4n) is 2.85. The van der Waals surface area contributed by atoms with Crippen LogP contribution < -0.4 is 0 Å². The van der Waals surface area contributed by atoms with Crippen molar-refractivity contribution >= 4 is 5.91 Å². The Bertz CT molecular complexity index is 659. The summed E-state index contributed by atoms with van der Waals surface area (Å²) in [6, 6.07) is 14.9. The Morgan fingerprint density at radius 1 is 1.10 bits per heavy atom. The summed E-state index contributed by atoms with van der Waals surface area (Å²) in [5.74, 6) is -0.765. The smallest absolute Gasteiger partial charge is 0.255 e. The molecule has 1 heterocycles. The Hall–Kier alpha value is -2.20. The number of hydrogen-bond donors (Lipinski definition) is 1. The van der Waals surface area contributed by atoms with Crippen molar-refractivity contribution in [2.24, 2.45) is 0 Å². The van der Waals surface area contributed by atoms with Crippen molar-refractivity contribution in [2.45, 2.75) is 25.1 Å². The van der Waals surface area contributed by atoms with Crippen LogP contribution in [0.1, 0.15) is 30.1 Å². The van der Waals surface area contributed by atoms with E-state index in [1.807, 2.05) is 37.3 Å². The Kier molecular flexibility index (Phi) is 3.47. The number of aliphatic hydroxyl groups is 1. The van der Waals surface area contributed by atoms with Gasteiger partial charge in [-0.1, -0.05) is 48.5 Å². The molecular weight excluding hydrogens is 269 g/mol. The zero-order chi connectivity index (χ0) is 15.0. The first kappa shape index (κ1) is 13.8. The molecule has 0 spiro atoms. The van der Waals surface area contributed by atoms with Crippen LogP contribution in [0.4, 0.5) is 4.39 Å². The minimum absolute atomic E-state index is 0.216. The molecule has 0 aliphatic carbocycles. The molecule has 3 nitrogen and oxygen atoms in total. The molecule has 1 saturated heterocycles. The number of carbonyl (C=O) groups is 1. The molecule has 0 aromatic heterocycles. The molecule has 1 N–H and O–H groups in total. The molecule has 1 amide bonds. The number of aliphatic hydroxyl groups excluding tert-OH is 1. The molecule has 21 heavy (non-hydrogen) atoms. The molecule has 0 saturated carbocycles. The molecular formula is C17H16FNO2. The van der Waals surface area contributed by atoms with Gasteiger partial charge in [-0.2, -0.15) is 0 Å². The van der Waals surface area contributed by atoms with Crippen molar-refractivity contribution in [2.75, 3.05) is 0 Å². The van der Waals surface area contributed by atoms with Gasteiger partial charge in [-0.3, -0.25) is 4.79 Å². The van der Waals surface area contributed by atoms with Crippen molar-refractivity contribution in [3.05, 3.63) is 71.5 Å². The average Bonchev–Trinajstić information content (AvgIpc) is 2.53. The van der Waals surface area contributed by atoms with Crippen LogP contribution in [0.2, 0.25) is 0 Å². The fourth-order valence-corrected chi connectivity index (χ4v) is 2.85. The first-order valence-electron chi connectivity index (χ1n) is 6.91. The van der Waals surface area contributed by atoms with Crippen LogP contribution in [0.5, 0.6) is 0 Å². The molecule has 3 atom stereocenters. The molecule has 0 radical (unpaired) electrons. The summed E-state index contributed by atoms with van der Waals surface area (Å²) in [5, 5.41) is 9.96. The number of likely N-dealkylation sites (tertiary alicyclic amines) is 1. The highest BCUT2D eigenvalue weighted by atomic mass is 19.1. The van der Waals surface area contributed by atoms with E-state index in [4.69, 9.17) is 0 Å². The second-order valence-corrected chi connectivity index (χ2v) is 5.24. The van der Waals surface area contributed by atoms with E-state index in [9.17, 15) is 14.3 Å². The average molecular weight is 285 g/mol. The quantitative estimate of drug-likeness (QED) is 0.881. The van der Waals surface area contributed by atoms with Gasteiger partial charge in [-0.05, 0) is 18.6 Å². The Balaban J connectivity index is 1.94. The van der Waals surface area contributed by atoms with Crippen molar-refractivity contribution in [1.29, 1.82) is 0 Å². The van der Waals surface area contributed by atoms with Gasteiger partial charge < -0.3 is 10.0 Å². The first-order chi connectivity index (χ1) is 10.1. The third kappa shape index (κ3) is 2.21. The van der Waals surface area contributed by atoms with Crippen LogP contribution in [0.3, 0.4) is 0 Å². The summed E-state index contributed by atoms with van der Waals surface area (Å²) in [5.41, 5.74) is 1.31. The van der Waals surface area contributed by atoms with Gasteiger partial charge in [-0.25, -0.2) is 4.39 Å². The van der Waals surface area contributed by atoms with E-state index in [-0.39, 0.29) is 11.9 Å². The predicted octanol–water partition coefficient (Wildman–Crippen LogP) is 2.83.